The van der Waals surface area contributed by atoms with Crippen LogP contribution in [0.5, 0.6) is 0 Å². The molecule has 0 radical (unpaired) electrons. The Labute approximate surface area is 145 Å². The fourth-order valence-electron chi connectivity index (χ4n) is 3.95. The molecule has 2 aliphatic heterocycles. The first-order valence-corrected chi connectivity index (χ1v) is 9.28. The number of ether oxygens (including phenoxy) is 1. The molecule has 0 atom stereocenters. The normalized spacial score (nSPS) is 20.5. The van der Waals surface area contributed by atoms with Gasteiger partial charge in [0.05, 0.1) is 0 Å². The van der Waals surface area contributed by atoms with Crippen LogP contribution in [-0.2, 0) is 16.1 Å². The van der Waals surface area contributed by atoms with Gasteiger partial charge in [-0.25, -0.2) is 0 Å². The molecule has 0 aliphatic carbocycles. The lowest BCUT2D eigenvalue weighted by Gasteiger charge is -2.43. The van der Waals surface area contributed by atoms with E-state index in [2.05, 4.69) is 16.0 Å². The van der Waals surface area contributed by atoms with Crippen molar-refractivity contribution in [3.05, 3.63) is 30.1 Å². The molecule has 0 N–H and O–H groups in total. The molecule has 2 aliphatic rings. The molecule has 0 unspecified atom stereocenters. The van der Waals surface area contributed by atoms with Gasteiger partial charge in [-0.05, 0) is 37.3 Å². The summed E-state index contributed by atoms with van der Waals surface area (Å²) in [7, 11) is 0. The number of carbonyl (C=O) groups excluding carboxylic acids is 1. The third-order valence-electron chi connectivity index (χ3n) is 5.34. The van der Waals surface area contributed by atoms with Crippen LogP contribution in [0.1, 0.15) is 44.6 Å². The van der Waals surface area contributed by atoms with Crippen molar-refractivity contribution in [1.29, 1.82) is 0 Å². The maximum Gasteiger partial charge on any atom is 0.222 e. The zero-order valence-corrected chi connectivity index (χ0v) is 14.7. The highest BCUT2D eigenvalue weighted by Crippen LogP contribution is 2.26. The summed E-state index contributed by atoms with van der Waals surface area (Å²) < 4.78 is 5.56. The van der Waals surface area contributed by atoms with Gasteiger partial charge in [0.15, 0.2) is 0 Å². The second-order valence-corrected chi connectivity index (χ2v) is 6.84. The number of rotatable bonds is 5. The Morgan fingerprint density at radius 2 is 1.96 bits per heavy atom. The molecule has 0 bridgehead atoms. The summed E-state index contributed by atoms with van der Waals surface area (Å²) in [6.45, 7) is 6.41. The summed E-state index contributed by atoms with van der Waals surface area (Å²) in [6.07, 6.45) is 8.78. The molecule has 24 heavy (non-hydrogen) atoms. The Kier molecular flexibility index (Phi) is 6.21. The molecule has 5 nitrogen and oxygen atoms in total. The molecule has 5 heteroatoms. The average molecular weight is 331 g/mol. The first-order chi connectivity index (χ1) is 11.8. The maximum atomic E-state index is 11.9. The van der Waals surface area contributed by atoms with Gasteiger partial charge >= 0.3 is 0 Å². The summed E-state index contributed by atoms with van der Waals surface area (Å²) in [5.41, 5.74) is 1.27. The maximum absolute atomic E-state index is 11.9. The third-order valence-corrected chi connectivity index (χ3v) is 5.34. The van der Waals surface area contributed by atoms with Crippen molar-refractivity contribution in [2.75, 3.05) is 26.3 Å². The highest BCUT2D eigenvalue weighted by molar-refractivity contribution is 5.75. The lowest BCUT2D eigenvalue weighted by atomic mass is 9.97. The van der Waals surface area contributed by atoms with Gasteiger partial charge in [0.25, 0.3) is 0 Å². The summed E-state index contributed by atoms with van der Waals surface area (Å²) in [4.78, 5) is 20.9. The second-order valence-electron chi connectivity index (χ2n) is 6.84. The predicted molar refractivity (Wildman–Crippen MR) is 93.5 cm³/mol. The molecule has 2 fully saturated rings. The van der Waals surface area contributed by atoms with E-state index < -0.39 is 0 Å². The Hall–Kier alpha value is -1.46. The largest absolute Gasteiger partial charge is 0.381 e. The topological polar surface area (TPSA) is 45.7 Å². The van der Waals surface area contributed by atoms with E-state index in [1.54, 1.807) is 0 Å². The van der Waals surface area contributed by atoms with E-state index in [0.717, 1.165) is 58.5 Å². The van der Waals surface area contributed by atoms with Crippen LogP contribution < -0.4 is 0 Å². The number of hydrogen-bond donors (Lipinski definition) is 0. The highest BCUT2D eigenvalue weighted by atomic mass is 16.5. The minimum Gasteiger partial charge on any atom is -0.381 e. The number of amides is 1. The van der Waals surface area contributed by atoms with Crippen molar-refractivity contribution in [3.63, 3.8) is 0 Å². The van der Waals surface area contributed by atoms with Crippen LogP contribution in [0.4, 0.5) is 0 Å². The van der Waals surface area contributed by atoms with Gasteiger partial charge in [-0.2, -0.15) is 0 Å². The molecule has 132 valence electrons. The van der Waals surface area contributed by atoms with Crippen molar-refractivity contribution in [2.24, 2.45) is 0 Å². The van der Waals surface area contributed by atoms with Crippen molar-refractivity contribution < 1.29 is 9.53 Å². The van der Waals surface area contributed by atoms with Crippen LogP contribution in [0.2, 0.25) is 0 Å². The quantitative estimate of drug-likeness (QED) is 0.831. The van der Waals surface area contributed by atoms with Crippen molar-refractivity contribution in [2.45, 2.75) is 57.7 Å². The van der Waals surface area contributed by atoms with Crippen LogP contribution in [0.15, 0.2) is 24.5 Å². The minimum atomic E-state index is 0.290. The molecule has 0 aromatic carbocycles. The second kappa shape index (κ2) is 8.58. The molecule has 1 aromatic rings. The lowest BCUT2D eigenvalue weighted by molar-refractivity contribution is -0.132. The van der Waals surface area contributed by atoms with E-state index in [1.165, 1.54) is 5.56 Å². The minimum absolute atomic E-state index is 0.290. The molecular weight excluding hydrogens is 302 g/mol. The summed E-state index contributed by atoms with van der Waals surface area (Å²) in [5.74, 6) is 0.290. The van der Waals surface area contributed by atoms with Crippen LogP contribution in [-0.4, -0.2) is 59.1 Å². The SMILES string of the molecule is CCC(=O)N1CCC(N(Cc2cccnc2)C2CCOCC2)CC1. The van der Waals surface area contributed by atoms with Gasteiger partial charge in [-0.1, -0.05) is 13.0 Å². The Balaban J connectivity index is 1.66. The summed E-state index contributed by atoms with van der Waals surface area (Å²) >= 11 is 0. The zero-order valence-electron chi connectivity index (χ0n) is 14.7. The van der Waals surface area contributed by atoms with Gasteiger partial charge < -0.3 is 9.64 Å². The molecule has 0 saturated carbocycles. The number of nitrogens with zero attached hydrogens (tertiary/aromatic N) is 3. The first-order valence-electron chi connectivity index (χ1n) is 9.28. The van der Waals surface area contributed by atoms with Crippen molar-refractivity contribution in [1.82, 2.24) is 14.8 Å². The molecule has 3 rings (SSSR count). The van der Waals surface area contributed by atoms with E-state index in [4.69, 9.17) is 4.74 Å². The monoisotopic (exact) mass is 331 g/mol. The summed E-state index contributed by atoms with van der Waals surface area (Å²) in [6, 6.07) is 5.31. The molecular formula is C19H29N3O2. The van der Waals surface area contributed by atoms with Crippen LogP contribution >= 0.6 is 0 Å². The predicted octanol–water partition coefficient (Wildman–Crippen LogP) is 2.46. The molecule has 1 aromatic heterocycles. The zero-order chi connectivity index (χ0) is 16.8. The number of piperidine rings is 1. The molecule has 0 spiro atoms. The molecule has 2 saturated heterocycles. The lowest BCUT2D eigenvalue weighted by Crippen LogP contribution is -2.51. The van der Waals surface area contributed by atoms with Gasteiger partial charge in [-0.15, -0.1) is 0 Å². The highest BCUT2D eigenvalue weighted by Gasteiger charge is 2.31. The number of hydrogen-bond acceptors (Lipinski definition) is 4. The fraction of sp³-hybridized carbons (Fsp3) is 0.684. The number of carbonyl (C=O) groups is 1. The van der Waals surface area contributed by atoms with Crippen LogP contribution in [0, 0.1) is 0 Å². The average Bonchev–Trinajstić information content (AvgIpc) is 2.67. The molecule has 3 heterocycles. The Morgan fingerprint density at radius 3 is 2.58 bits per heavy atom. The van der Waals surface area contributed by atoms with Crippen molar-refractivity contribution in [3.8, 4) is 0 Å². The Bertz CT molecular complexity index is 509. The van der Waals surface area contributed by atoms with Gasteiger partial charge in [-0.3, -0.25) is 14.7 Å². The third kappa shape index (κ3) is 4.33. The van der Waals surface area contributed by atoms with E-state index in [-0.39, 0.29) is 0 Å². The Morgan fingerprint density at radius 1 is 1.25 bits per heavy atom. The molecule has 1 amide bonds. The number of likely N-dealkylation sites (tertiary alicyclic amines) is 1. The van der Waals surface area contributed by atoms with Crippen LogP contribution in [0.3, 0.4) is 0 Å². The van der Waals surface area contributed by atoms with E-state index in [9.17, 15) is 4.79 Å². The van der Waals surface area contributed by atoms with Gasteiger partial charge in [0.1, 0.15) is 0 Å². The van der Waals surface area contributed by atoms with E-state index >= 15 is 0 Å². The van der Waals surface area contributed by atoms with E-state index in [0.29, 0.717) is 24.4 Å². The fourth-order valence-corrected chi connectivity index (χ4v) is 3.95. The number of aromatic nitrogens is 1. The van der Waals surface area contributed by atoms with Crippen LogP contribution in [0.25, 0.3) is 0 Å². The standard InChI is InChI=1S/C19H29N3O2/c1-2-19(23)21-10-5-17(6-11-21)22(18-7-12-24-13-8-18)15-16-4-3-9-20-14-16/h3-4,9,14,17-18H,2,5-8,10-13,15H2,1H3. The number of pyridine rings is 1. The smallest absolute Gasteiger partial charge is 0.222 e. The first kappa shape index (κ1) is 17.4. The van der Waals surface area contributed by atoms with E-state index in [1.807, 2.05) is 30.3 Å². The summed E-state index contributed by atoms with van der Waals surface area (Å²) in [5, 5.41) is 0. The van der Waals surface area contributed by atoms with Gasteiger partial charge in [0, 0.05) is 63.7 Å². The van der Waals surface area contributed by atoms with Gasteiger partial charge in [0.2, 0.25) is 5.91 Å². The van der Waals surface area contributed by atoms with Crippen molar-refractivity contribution >= 4 is 5.91 Å².